The zero-order valence-corrected chi connectivity index (χ0v) is 23.1. The van der Waals surface area contributed by atoms with Crippen molar-refractivity contribution < 1.29 is 38.8 Å². The Morgan fingerprint density at radius 3 is 2.63 bits per heavy atom. The molecule has 6 rings (SSSR count). The highest BCUT2D eigenvalue weighted by molar-refractivity contribution is 7.09. The van der Waals surface area contributed by atoms with Gasteiger partial charge in [-0.25, -0.2) is 0 Å². The number of aliphatic hydroxyl groups excluding tert-OH is 1. The van der Waals surface area contributed by atoms with E-state index < -0.39 is 46.1 Å². The summed E-state index contributed by atoms with van der Waals surface area (Å²) in [5, 5.41) is 25.6. The number of thiophene rings is 1. The van der Waals surface area contributed by atoms with Crippen LogP contribution in [0, 0.1) is 22.2 Å². The molecule has 1 aliphatic heterocycles. The molecule has 2 heterocycles. The summed E-state index contributed by atoms with van der Waals surface area (Å²) in [7, 11) is 0. The van der Waals surface area contributed by atoms with Crippen LogP contribution in [0.4, 0.5) is 0 Å². The largest absolute Gasteiger partial charge is 0.458 e. The molecular weight excluding hydrogens is 508 g/mol. The number of ketones is 1. The molecule has 9 atom stereocenters. The first kappa shape index (κ1) is 26.2. The summed E-state index contributed by atoms with van der Waals surface area (Å²) >= 11 is 1.58. The summed E-state index contributed by atoms with van der Waals surface area (Å²) in [6.07, 6.45) is -1.49. The lowest BCUT2D eigenvalue weighted by Crippen LogP contribution is -2.88. The zero-order chi connectivity index (χ0) is 27.3. The minimum atomic E-state index is -1.30. The zero-order valence-electron chi connectivity index (χ0n) is 22.3. The van der Waals surface area contributed by atoms with Gasteiger partial charge in [0.1, 0.15) is 6.10 Å². The number of carbonyl (C=O) groups is 3. The third-order valence-electron chi connectivity index (χ3n) is 11.0. The average molecular weight is 545 g/mol. The molecule has 38 heavy (non-hydrogen) atoms. The number of Topliss-reactive ketones (excluding diaryl/α,β-unsaturated/α-hetero) is 1. The van der Waals surface area contributed by atoms with Crippen molar-refractivity contribution >= 4 is 29.1 Å². The SMILES string of the molecule is CCC(=O)OC1C(=O)[C@]2(C)C(O)C[C@H]3OC[C@H]3C23CC2(O)C[C@H](OC(=O)CCc4cccs4)C(C)=C1[C@@]23C. The van der Waals surface area contributed by atoms with Gasteiger partial charge in [0.05, 0.1) is 36.3 Å². The molecule has 2 N–H and O–H groups in total. The molecule has 1 spiro atoms. The highest BCUT2D eigenvalue weighted by Gasteiger charge is 2.89. The maximum absolute atomic E-state index is 14.4. The van der Waals surface area contributed by atoms with Gasteiger partial charge in [0.25, 0.3) is 0 Å². The Labute approximate surface area is 226 Å². The van der Waals surface area contributed by atoms with Crippen molar-refractivity contribution in [1.82, 2.24) is 0 Å². The second-order valence-electron chi connectivity index (χ2n) is 12.2. The first-order valence-electron chi connectivity index (χ1n) is 13.6. The molecule has 0 radical (unpaired) electrons. The van der Waals surface area contributed by atoms with Gasteiger partial charge in [0, 0.05) is 40.9 Å². The molecule has 4 unspecified atom stereocenters. The molecule has 1 aromatic rings. The van der Waals surface area contributed by atoms with Crippen molar-refractivity contribution in [2.45, 2.75) is 96.2 Å². The Morgan fingerprint density at radius 1 is 1.24 bits per heavy atom. The second-order valence-corrected chi connectivity index (χ2v) is 13.2. The van der Waals surface area contributed by atoms with Gasteiger partial charge in [0.15, 0.2) is 11.9 Å². The van der Waals surface area contributed by atoms with Gasteiger partial charge < -0.3 is 24.4 Å². The number of fused-ring (bicyclic) bond motifs is 1. The van der Waals surface area contributed by atoms with E-state index in [1.54, 1.807) is 25.2 Å². The van der Waals surface area contributed by atoms with Gasteiger partial charge in [-0.2, -0.15) is 0 Å². The van der Waals surface area contributed by atoms with Gasteiger partial charge in [-0.3, -0.25) is 14.4 Å². The molecule has 8 nitrogen and oxygen atoms in total. The molecule has 4 aliphatic carbocycles. The first-order valence-corrected chi connectivity index (χ1v) is 14.5. The molecule has 5 aliphatic rings. The molecule has 9 heteroatoms. The molecule has 0 amide bonds. The van der Waals surface area contributed by atoms with Crippen LogP contribution in [0.1, 0.15) is 64.7 Å². The fourth-order valence-corrected chi connectivity index (χ4v) is 9.60. The maximum atomic E-state index is 14.4. The lowest BCUT2D eigenvalue weighted by Gasteiger charge is -2.83. The van der Waals surface area contributed by atoms with Gasteiger partial charge in [-0.15, -0.1) is 11.3 Å². The van der Waals surface area contributed by atoms with Crippen LogP contribution >= 0.6 is 11.3 Å². The van der Waals surface area contributed by atoms with E-state index in [-0.39, 0.29) is 49.5 Å². The third kappa shape index (κ3) is 2.99. The number of carbonyl (C=O) groups excluding carboxylic acids is 3. The average Bonchev–Trinajstić information content (AvgIpc) is 3.38. The van der Waals surface area contributed by atoms with Gasteiger partial charge in [0.2, 0.25) is 0 Å². The van der Waals surface area contributed by atoms with Crippen LogP contribution in [-0.2, 0) is 35.0 Å². The summed E-state index contributed by atoms with van der Waals surface area (Å²) in [6, 6.07) is 3.91. The molecule has 0 aromatic carbocycles. The molecule has 3 saturated carbocycles. The number of esters is 2. The lowest BCUT2D eigenvalue weighted by atomic mass is 9.22. The smallest absolute Gasteiger partial charge is 0.306 e. The number of aliphatic hydroxyl groups is 2. The Bertz CT molecular complexity index is 1220. The normalized spacial score (nSPS) is 44.7. The minimum Gasteiger partial charge on any atom is -0.458 e. The molecule has 4 fully saturated rings. The summed E-state index contributed by atoms with van der Waals surface area (Å²) in [6.45, 7) is 7.68. The number of hydrogen-bond acceptors (Lipinski definition) is 9. The second kappa shape index (κ2) is 8.46. The van der Waals surface area contributed by atoms with Crippen LogP contribution in [0.25, 0.3) is 0 Å². The van der Waals surface area contributed by atoms with Gasteiger partial charge in [-0.05, 0) is 49.3 Å². The van der Waals surface area contributed by atoms with Crippen LogP contribution in [0.2, 0.25) is 0 Å². The van der Waals surface area contributed by atoms with Crippen LogP contribution in [0.15, 0.2) is 28.7 Å². The van der Waals surface area contributed by atoms with Crippen molar-refractivity contribution in [3.8, 4) is 0 Å². The van der Waals surface area contributed by atoms with Crippen LogP contribution in [0.3, 0.4) is 0 Å². The standard InChI is InChI=1S/C29H36O8S/c1-5-21(31)37-24-23-15(2)19(36-22(32)9-8-16-7-6-10-38-16)12-28(34)14-29(27(23,28)4)17-13-35-18(17)11-20(30)26(29,3)25(24)33/h6-7,10,17-20,24,30,34H,5,8-9,11-14H2,1-4H3/t17-,18-,19+,20?,24?,26+,27+,28?,29?/m1/s1. The quantitative estimate of drug-likeness (QED) is 0.414. The number of hydrogen-bond donors (Lipinski definition) is 2. The Kier molecular flexibility index (Phi) is 5.83. The predicted octanol–water partition coefficient (Wildman–Crippen LogP) is 3.13. The van der Waals surface area contributed by atoms with Crippen molar-refractivity contribution in [3.63, 3.8) is 0 Å². The van der Waals surface area contributed by atoms with Crippen LogP contribution in [-0.4, -0.2) is 64.6 Å². The van der Waals surface area contributed by atoms with E-state index in [1.807, 2.05) is 31.4 Å². The molecule has 1 aromatic heterocycles. The fraction of sp³-hybridized carbons (Fsp3) is 0.690. The molecular formula is C29H36O8S. The van der Waals surface area contributed by atoms with Crippen molar-refractivity contribution in [2.75, 3.05) is 6.61 Å². The number of ether oxygens (including phenoxy) is 3. The van der Waals surface area contributed by atoms with Gasteiger partial charge in [-0.1, -0.05) is 19.9 Å². The Morgan fingerprint density at radius 2 is 2.00 bits per heavy atom. The van der Waals surface area contributed by atoms with E-state index in [0.717, 1.165) is 4.88 Å². The fourth-order valence-electron chi connectivity index (χ4n) is 8.89. The van der Waals surface area contributed by atoms with Gasteiger partial charge >= 0.3 is 11.9 Å². The van der Waals surface area contributed by atoms with Crippen molar-refractivity contribution in [3.05, 3.63) is 33.5 Å². The topological polar surface area (TPSA) is 119 Å². The minimum absolute atomic E-state index is 0.0133. The van der Waals surface area contributed by atoms with Crippen molar-refractivity contribution in [2.24, 2.45) is 22.2 Å². The van der Waals surface area contributed by atoms with E-state index in [9.17, 15) is 24.6 Å². The molecule has 1 saturated heterocycles. The molecule has 0 bridgehead atoms. The Hall–Kier alpha value is -2.07. The summed E-state index contributed by atoms with van der Waals surface area (Å²) in [4.78, 5) is 40.9. The summed E-state index contributed by atoms with van der Waals surface area (Å²) < 4.78 is 17.6. The highest BCUT2D eigenvalue weighted by atomic mass is 32.1. The predicted molar refractivity (Wildman–Crippen MR) is 137 cm³/mol. The summed E-state index contributed by atoms with van der Waals surface area (Å²) in [5.41, 5.74) is -3.03. The van der Waals surface area contributed by atoms with E-state index in [0.29, 0.717) is 30.6 Å². The van der Waals surface area contributed by atoms with E-state index in [2.05, 4.69) is 0 Å². The number of rotatable bonds is 6. The maximum Gasteiger partial charge on any atom is 0.306 e. The summed E-state index contributed by atoms with van der Waals surface area (Å²) in [5.74, 6) is -1.26. The van der Waals surface area contributed by atoms with E-state index >= 15 is 0 Å². The van der Waals surface area contributed by atoms with Crippen molar-refractivity contribution in [1.29, 1.82) is 0 Å². The monoisotopic (exact) mass is 544 g/mol. The number of aryl methyl sites for hydroxylation is 1. The highest BCUT2D eigenvalue weighted by Crippen LogP contribution is 2.84. The van der Waals surface area contributed by atoms with Crippen LogP contribution < -0.4 is 0 Å². The van der Waals surface area contributed by atoms with Crippen LogP contribution in [0.5, 0.6) is 0 Å². The first-order chi connectivity index (χ1) is 17.9. The van der Waals surface area contributed by atoms with E-state index in [4.69, 9.17) is 14.2 Å². The van der Waals surface area contributed by atoms with E-state index in [1.165, 1.54) is 0 Å². The molecule has 206 valence electrons. The Balaban J connectivity index is 1.43. The lowest BCUT2D eigenvalue weighted by molar-refractivity contribution is -0.388. The third-order valence-corrected chi connectivity index (χ3v) is 11.9.